The normalized spacial score (nSPS) is 11.9. The van der Waals surface area contributed by atoms with Crippen LogP contribution in [0.5, 0.6) is 5.75 Å². The van der Waals surface area contributed by atoms with Crippen LogP contribution in [0.3, 0.4) is 0 Å². The van der Waals surface area contributed by atoms with Crippen molar-refractivity contribution >= 4 is 38.5 Å². The van der Waals surface area contributed by atoms with Crippen molar-refractivity contribution in [1.29, 1.82) is 5.26 Å². The average Bonchev–Trinajstić information content (AvgIpc) is 2.20. The van der Waals surface area contributed by atoms with Crippen molar-refractivity contribution in [3.05, 3.63) is 27.3 Å². The minimum Gasteiger partial charge on any atom is -0.494 e. The summed E-state index contributed by atoms with van der Waals surface area (Å²) in [5, 5.41) is 8.79. The molecule has 0 fully saturated rings. The van der Waals surface area contributed by atoms with E-state index in [1.54, 1.807) is 0 Å². The van der Waals surface area contributed by atoms with Gasteiger partial charge >= 0.3 is 0 Å². The van der Waals surface area contributed by atoms with E-state index >= 15 is 0 Å². The molecule has 4 heteroatoms. The van der Waals surface area contributed by atoms with E-state index in [0.29, 0.717) is 6.61 Å². The Morgan fingerprint density at radius 2 is 2.36 bits per heavy atom. The molecule has 1 rings (SSSR count). The number of rotatable bonds is 3. The Hall–Kier alpha value is -0.280. The molecule has 0 aliphatic carbocycles. The molecule has 0 bridgehead atoms. The number of halogens is 2. The van der Waals surface area contributed by atoms with Crippen molar-refractivity contribution in [3.8, 4) is 11.8 Å². The summed E-state index contributed by atoms with van der Waals surface area (Å²) in [6.07, 6.45) is 0. The van der Waals surface area contributed by atoms with Gasteiger partial charge in [0, 0.05) is 3.57 Å². The van der Waals surface area contributed by atoms with Crippen molar-refractivity contribution in [1.82, 2.24) is 0 Å². The molecule has 2 nitrogen and oxygen atoms in total. The molecule has 1 unspecified atom stereocenters. The van der Waals surface area contributed by atoms with Crippen molar-refractivity contribution in [2.45, 2.75) is 11.8 Å². The maximum Gasteiger partial charge on any atom is 0.127 e. The van der Waals surface area contributed by atoms with Gasteiger partial charge in [0.25, 0.3) is 0 Å². The van der Waals surface area contributed by atoms with Crippen molar-refractivity contribution in [2.75, 3.05) is 6.61 Å². The molecular weight excluding hydrogens is 357 g/mol. The first-order valence-corrected chi connectivity index (χ1v) is 6.14. The molecule has 0 aliphatic rings. The van der Waals surface area contributed by atoms with Gasteiger partial charge in [-0.2, -0.15) is 5.26 Å². The molecule has 0 N–H and O–H groups in total. The number of alkyl halides is 1. The third-order valence-electron chi connectivity index (χ3n) is 1.66. The molecule has 1 aromatic carbocycles. The first-order chi connectivity index (χ1) is 6.69. The molecule has 14 heavy (non-hydrogen) atoms. The number of ether oxygens (including phenoxy) is 1. The Balaban J connectivity index is 3.03. The molecule has 0 saturated heterocycles. The lowest BCUT2D eigenvalue weighted by Gasteiger charge is -2.08. The van der Waals surface area contributed by atoms with E-state index in [0.717, 1.165) is 14.9 Å². The van der Waals surface area contributed by atoms with E-state index in [1.165, 1.54) is 0 Å². The summed E-state index contributed by atoms with van der Waals surface area (Å²) in [7, 11) is 0. The summed E-state index contributed by atoms with van der Waals surface area (Å²) in [4.78, 5) is -0.269. The van der Waals surface area contributed by atoms with Gasteiger partial charge in [-0.15, -0.1) is 0 Å². The molecule has 0 aromatic heterocycles. The maximum absolute atomic E-state index is 8.79. The number of nitriles is 1. The van der Waals surface area contributed by atoms with Crippen LogP contribution in [0.15, 0.2) is 18.2 Å². The van der Waals surface area contributed by atoms with Crippen LogP contribution in [-0.2, 0) is 0 Å². The number of nitrogens with zero attached hydrogens (tertiary/aromatic N) is 1. The van der Waals surface area contributed by atoms with Gasteiger partial charge < -0.3 is 4.74 Å². The smallest absolute Gasteiger partial charge is 0.127 e. The van der Waals surface area contributed by atoms with Gasteiger partial charge in [0.1, 0.15) is 10.6 Å². The molecule has 0 amide bonds. The summed E-state index contributed by atoms with van der Waals surface area (Å²) in [6, 6.07) is 7.90. The summed E-state index contributed by atoms with van der Waals surface area (Å²) < 4.78 is 6.43. The van der Waals surface area contributed by atoms with Gasteiger partial charge in [0.05, 0.1) is 12.7 Å². The third-order valence-corrected chi connectivity index (χ3v) is 3.35. The fraction of sp³-hybridized carbons (Fsp3) is 0.300. The van der Waals surface area contributed by atoms with Crippen LogP contribution in [0.2, 0.25) is 0 Å². The highest BCUT2D eigenvalue weighted by molar-refractivity contribution is 14.1. The van der Waals surface area contributed by atoms with Crippen LogP contribution >= 0.6 is 38.5 Å². The fourth-order valence-corrected chi connectivity index (χ4v) is 2.50. The predicted octanol–water partition coefficient (Wildman–Crippen LogP) is 3.65. The Morgan fingerprint density at radius 3 is 2.93 bits per heavy atom. The first-order valence-electron chi connectivity index (χ1n) is 4.15. The number of hydrogen-bond donors (Lipinski definition) is 0. The van der Waals surface area contributed by atoms with E-state index < -0.39 is 0 Å². The molecule has 1 aromatic rings. The molecule has 0 saturated carbocycles. The highest BCUT2D eigenvalue weighted by Crippen LogP contribution is 2.29. The molecule has 74 valence electrons. The molecule has 0 heterocycles. The fourth-order valence-electron chi connectivity index (χ4n) is 1.04. The standard InChI is InChI=1S/C10H9BrINO/c1-2-14-7-3-4-10(12)8(5-7)9(11)6-13/h3-5,9H,2H2,1H3. The molecular formula is C10H9BrINO. The average molecular weight is 366 g/mol. The lowest BCUT2D eigenvalue weighted by Crippen LogP contribution is -1.95. The Labute approximate surface area is 106 Å². The van der Waals surface area contributed by atoms with Crippen LogP contribution in [0.1, 0.15) is 17.3 Å². The number of benzene rings is 1. The van der Waals surface area contributed by atoms with E-state index in [9.17, 15) is 0 Å². The molecule has 0 radical (unpaired) electrons. The summed E-state index contributed by atoms with van der Waals surface area (Å²) >= 11 is 5.51. The Kier molecular flexibility index (Phi) is 4.69. The highest BCUT2D eigenvalue weighted by atomic mass is 127. The molecule has 0 spiro atoms. The summed E-state index contributed by atoms with van der Waals surface area (Å²) in [5.74, 6) is 0.808. The van der Waals surface area contributed by atoms with Crippen molar-refractivity contribution in [2.24, 2.45) is 0 Å². The second kappa shape index (κ2) is 5.56. The summed E-state index contributed by atoms with van der Waals surface area (Å²) in [6.45, 7) is 2.58. The summed E-state index contributed by atoms with van der Waals surface area (Å²) in [5.41, 5.74) is 0.957. The van der Waals surface area contributed by atoms with Crippen LogP contribution in [-0.4, -0.2) is 6.61 Å². The van der Waals surface area contributed by atoms with Gasteiger partial charge in [-0.25, -0.2) is 0 Å². The molecule has 1 atom stereocenters. The van der Waals surface area contributed by atoms with Crippen LogP contribution in [0.25, 0.3) is 0 Å². The zero-order chi connectivity index (χ0) is 10.6. The SMILES string of the molecule is CCOc1ccc(I)c(C(Br)C#N)c1. The van der Waals surface area contributed by atoms with Gasteiger partial charge in [0.2, 0.25) is 0 Å². The van der Waals surface area contributed by atoms with Crippen molar-refractivity contribution < 1.29 is 4.74 Å². The maximum atomic E-state index is 8.79. The van der Waals surface area contributed by atoms with E-state index in [1.807, 2.05) is 25.1 Å². The van der Waals surface area contributed by atoms with E-state index in [-0.39, 0.29) is 4.83 Å². The lowest BCUT2D eigenvalue weighted by atomic mass is 10.1. The second-order valence-electron chi connectivity index (χ2n) is 2.61. The third kappa shape index (κ3) is 2.85. The largest absolute Gasteiger partial charge is 0.494 e. The minimum atomic E-state index is -0.269. The second-order valence-corrected chi connectivity index (χ2v) is 4.69. The van der Waals surface area contributed by atoms with E-state index in [2.05, 4.69) is 44.6 Å². The Bertz CT molecular complexity index is 362. The van der Waals surface area contributed by atoms with Crippen molar-refractivity contribution in [3.63, 3.8) is 0 Å². The highest BCUT2D eigenvalue weighted by Gasteiger charge is 2.10. The van der Waals surface area contributed by atoms with Gasteiger partial charge in [0.15, 0.2) is 0 Å². The zero-order valence-corrected chi connectivity index (χ0v) is 11.4. The minimum absolute atomic E-state index is 0.269. The number of hydrogen-bond acceptors (Lipinski definition) is 2. The molecule has 0 aliphatic heterocycles. The first kappa shape index (κ1) is 11.8. The monoisotopic (exact) mass is 365 g/mol. The lowest BCUT2D eigenvalue weighted by molar-refractivity contribution is 0.340. The van der Waals surface area contributed by atoms with Crippen LogP contribution in [0.4, 0.5) is 0 Å². The predicted molar refractivity (Wildman–Crippen MR) is 67.6 cm³/mol. The van der Waals surface area contributed by atoms with Gasteiger partial charge in [-0.05, 0) is 53.3 Å². The van der Waals surface area contributed by atoms with Crippen LogP contribution < -0.4 is 4.74 Å². The van der Waals surface area contributed by atoms with Gasteiger partial charge in [-0.3, -0.25) is 0 Å². The van der Waals surface area contributed by atoms with Crippen LogP contribution in [0, 0.1) is 14.9 Å². The Morgan fingerprint density at radius 1 is 1.64 bits per heavy atom. The topological polar surface area (TPSA) is 33.0 Å². The van der Waals surface area contributed by atoms with E-state index in [4.69, 9.17) is 10.00 Å². The quantitative estimate of drug-likeness (QED) is 0.605. The zero-order valence-electron chi connectivity index (χ0n) is 7.63. The van der Waals surface area contributed by atoms with Gasteiger partial charge in [-0.1, -0.05) is 15.9 Å².